The lowest BCUT2D eigenvalue weighted by molar-refractivity contribution is -0.385. The van der Waals surface area contributed by atoms with E-state index in [9.17, 15) is 19.3 Å². The summed E-state index contributed by atoms with van der Waals surface area (Å²) in [6.45, 7) is 0.239. The lowest BCUT2D eigenvalue weighted by Gasteiger charge is -2.07. The van der Waals surface area contributed by atoms with E-state index in [0.29, 0.717) is 5.69 Å². The summed E-state index contributed by atoms with van der Waals surface area (Å²) in [6.07, 6.45) is 0. The van der Waals surface area contributed by atoms with Gasteiger partial charge in [0.15, 0.2) is 0 Å². The molecule has 0 fully saturated rings. The minimum atomic E-state index is -0.607. The first-order valence-electron chi connectivity index (χ1n) is 8.28. The number of nitro groups is 1. The van der Waals surface area contributed by atoms with Crippen molar-refractivity contribution in [3.8, 4) is 17.1 Å². The van der Waals surface area contributed by atoms with Crippen molar-refractivity contribution in [3.05, 3.63) is 82.2 Å². The van der Waals surface area contributed by atoms with E-state index in [0.717, 1.165) is 5.56 Å². The first-order valence-corrected chi connectivity index (χ1v) is 8.28. The molecule has 0 spiro atoms. The number of rotatable bonds is 7. The summed E-state index contributed by atoms with van der Waals surface area (Å²) in [6, 6.07) is 14.8. The van der Waals surface area contributed by atoms with E-state index in [2.05, 4.69) is 15.5 Å². The zero-order valence-corrected chi connectivity index (χ0v) is 14.5. The molecule has 0 saturated heterocycles. The Balaban J connectivity index is 1.51. The Bertz CT molecular complexity index is 978. The first kappa shape index (κ1) is 18.9. The highest BCUT2D eigenvalue weighted by Gasteiger charge is 2.18. The van der Waals surface area contributed by atoms with Gasteiger partial charge in [0, 0.05) is 17.7 Å². The van der Waals surface area contributed by atoms with E-state index in [1.54, 1.807) is 30.3 Å². The molecule has 0 bridgehead atoms. The molecular weight excluding hydrogens is 367 g/mol. The fourth-order valence-electron chi connectivity index (χ4n) is 2.41. The zero-order valence-electron chi connectivity index (χ0n) is 14.5. The largest absolute Gasteiger partial charge is 0.475 e. The van der Waals surface area contributed by atoms with Gasteiger partial charge in [0.1, 0.15) is 18.0 Å². The predicted octanol–water partition coefficient (Wildman–Crippen LogP) is 3.00. The maximum absolute atomic E-state index is 12.9. The third-order valence-corrected chi connectivity index (χ3v) is 3.76. The molecule has 0 unspecified atom stereocenters. The van der Waals surface area contributed by atoms with Crippen LogP contribution in [0.4, 0.5) is 10.1 Å². The van der Waals surface area contributed by atoms with Crippen LogP contribution < -0.4 is 10.1 Å². The highest BCUT2D eigenvalue weighted by atomic mass is 19.1. The zero-order chi connectivity index (χ0) is 19.9. The van der Waals surface area contributed by atoms with Crippen molar-refractivity contribution in [1.29, 1.82) is 0 Å². The van der Waals surface area contributed by atoms with Crippen LogP contribution in [-0.2, 0) is 0 Å². The lowest BCUT2D eigenvalue weighted by atomic mass is 10.1. The molecular formula is C19H15FN4O4. The second-order valence-electron chi connectivity index (χ2n) is 5.64. The lowest BCUT2D eigenvalue weighted by Crippen LogP contribution is -2.28. The van der Waals surface area contributed by atoms with Crippen LogP contribution in [0.15, 0.2) is 60.7 Å². The Morgan fingerprint density at radius 2 is 1.82 bits per heavy atom. The Morgan fingerprint density at radius 3 is 2.50 bits per heavy atom. The normalized spacial score (nSPS) is 10.3. The van der Waals surface area contributed by atoms with Crippen molar-refractivity contribution in [3.63, 3.8) is 0 Å². The molecule has 0 aliphatic heterocycles. The van der Waals surface area contributed by atoms with E-state index in [-0.39, 0.29) is 36.1 Å². The number of nitro benzene ring substituents is 1. The number of para-hydroxylation sites is 1. The number of aromatic nitrogens is 2. The molecule has 142 valence electrons. The molecule has 9 heteroatoms. The SMILES string of the molecule is O=C(NCCOc1ccc(-c2ccc(F)cc2)nn1)c1ccccc1[N+](=O)[O-]. The van der Waals surface area contributed by atoms with E-state index < -0.39 is 10.8 Å². The summed E-state index contributed by atoms with van der Waals surface area (Å²) in [4.78, 5) is 22.4. The van der Waals surface area contributed by atoms with Gasteiger partial charge in [-0.3, -0.25) is 14.9 Å². The second kappa shape index (κ2) is 8.67. The van der Waals surface area contributed by atoms with Gasteiger partial charge >= 0.3 is 0 Å². The fraction of sp³-hybridized carbons (Fsp3) is 0.105. The Hall–Kier alpha value is -3.88. The third kappa shape index (κ3) is 4.64. The van der Waals surface area contributed by atoms with Crippen LogP contribution >= 0.6 is 0 Å². The van der Waals surface area contributed by atoms with Gasteiger partial charge in [0.05, 0.1) is 17.2 Å². The van der Waals surface area contributed by atoms with Gasteiger partial charge in [-0.15, -0.1) is 10.2 Å². The van der Waals surface area contributed by atoms with Gasteiger partial charge in [-0.05, 0) is 36.4 Å². The summed E-state index contributed by atoms with van der Waals surface area (Å²) in [5.41, 5.74) is 1.01. The monoisotopic (exact) mass is 382 g/mol. The van der Waals surface area contributed by atoms with Crippen molar-refractivity contribution in [1.82, 2.24) is 15.5 Å². The number of carbonyl (C=O) groups excluding carboxylic acids is 1. The van der Waals surface area contributed by atoms with Crippen LogP contribution in [0.25, 0.3) is 11.3 Å². The standard InChI is InChI=1S/C19H15FN4O4/c20-14-7-5-13(6-8-14)16-9-10-18(23-22-16)28-12-11-21-19(25)15-3-1-2-4-17(15)24(26)27/h1-10H,11-12H2,(H,21,25). The number of nitrogens with one attached hydrogen (secondary N) is 1. The van der Waals surface area contributed by atoms with E-state index in [1.807, 2.05) is 0 Å². The minimum Gasteiger partial charge on any atom is -0.475 e. The molecule has 1 N–H and O–H groups in total. The van der Waals surface area contributed by atoms with Crippen molar-refractivity contribution in [2.75, 3.05) is 13.2 Å². The van der Waals surface area contributed by atoms with Gasteiger partial charge in [-0.25, -0.2) is 4.39 Å². The average Bonchev–Trinajstić information content (AvgIpc) is 2.72. The molecule has 28 heavy (non-hydrogen) atoms. The van der Waals surface area contributed by atoms with Crippen molar-refractivity contribution in [2.45, 2.75) is 0 Å². The van der Waals surface area contributed by atoms with Gasteiger partial charge in [0.25, 0.3) is 11.6 Å². The maximum Gasteiger partial charge on any atom is 0.282 e. The number of amides is 1. The topological polar surface area (TPSA) is 107 Å². The number of hydrogen-bond acceptors (Lipinski definition) is 6. The molecule has 0 aliphatic rings. The van der Waals surface area contributed by atoms with Gasteiger partial charge < -0.3 is 10.1 Å². The van der Waals surface area contributed by atoms with Crippen LogP contribution in [-0.4, -0.2) is 34.2 Å². The Kier molecular flexibility index (Phi) is 5.85. The molecule has 1 aromatic heterocycles. The van der Waals surface area contributed by atoms with Crippen LogP contribution in [0.3, 0.4) is 0 Å². The number of hydrogen-bond donors (Lipinski definition) is 1. The van der Waals surface area contributed by atoms with Crippen LogP contribution in [0.1, 0.15) is 10.4 Å². The highest BCUT2D eigenvalue weighted by Crippen LogP contribution is 2.18. The van der Waals surface area contributed by atoms with Crippen LogP contribution in [0.5, 0.6) is 5.88 Å². The molecule has 1 amide bonds. The minimum absolute atomic E-state index is 0.0176. The molecule has 0 atom stereocenters. The fourth-order valence-corrected chi connectivity index (χ4v) is 2.41. The maximum atomic E-state index is 12.9. The van der Waals surface area contributed by atoms with Crippen molar-refractivity contribution in [2.24, 2.45) is 0 Å². The van der Waals surface area contributed by atoms with Crippen molar-refractivity contribution >= 4 is 11.6 Å². The molecule has 2 aromatic carbocycles. The number of carbonyl (C=O) groups is 1. The quantitative estimate of drug-likeness (QED) is 0.382. The van der Waals surface area contributed by atoms with E-state index in [4.69, 9.17) is 4.74 Å². The number of nitrogens with zero attached hydrogens (tertiary/aromatic N) is 3. The summed E-state index contributed by atoms with van der Waals surface area (Å²) in [7, 11) is 0. The molecule has 3 aromatic rings. The second-order valence-corrected chi connectivity index (χ2v) is 5.64. The Morgan fingerprint density at radius 1 is 1.07 bits per heavy atom. The average molecular weight is 382 g/mol. The van der Waals surface area contributed by atoms with Crippen LogP contribution in [0, 0.1) is 15.9 Å². The third-order valence-electron chi connectivity index (χ3n) is 3.76. The first-order chi connectivity index (χ1) is 13.5. The molecule has 1 heterocycles. The molecule has 0 saturated carbocycles. The molecule has 8 nitrogen and oxygen atoms in total. The van der Waals surface area contributed by atoms with Gasteiger partial charge in [0.2, 0.25) is 5.88 Å². The van der Waals surface area contributed by atoms with Crippen LogP contribution in [0.2, 0.25) is 0 Å². The summed E-state index contributed by atoms with van der Waals surface area (Å²) >= 11 is 0. The van der Waals surface area contributed by atoms with Gasteiger partial charge in [-0.2, -0.15) is 0 Å². The number of benzene rings is 2. The molecule has 0 aliphatic carbocycles. The highest BCUT2D eigenvalue weighted by molar-refractivity contribution is 5.98. The predicted molar refractivity (Wildman–Crippen MR) is 98.4 cm³/mol. The number of halogens is 1. The Labute approximate surface area is 159 Å². The van der Waals surface area contributed by atoms with Crippen molar-refractivity contribution < 1.29 is 18.8 Å². The van der Waals surface area contributed by atoms with Gasteiger partial charge in [-0.1, -0.05) is 12.1 Å². The smallest absolute Gasteiger partial charge is 0.282 e. The summed E-state index contributed by atoms with van der Waals surface area (Å²) in [5, 5.41) is 21.4. The summed E-state index contributed by atoms with van der Waals surface area (Å²) in [5.74, 6) is -0.640. The van der Waals surface area contributed by atoms with E-state index in [1.165, 1.54) is 30.3 Å². The molecule has 0 radical (unpaired) electrons. The molecule has 3 rings (SSSR count). The van der Waals surface area contributed by atoms with E-state index >= 15 is 0 Å². The number of ether oxygens (including phenoxy) is 1. The summed E-state index contributed by atoms with van der Waals surface area (Å²) < 4.78 is 18.3.